The third-order valence-corrected chi connectivity index (χ3v) is 4.33. The minimum atomic E-state index is 0.249. The van der Waals surface area contributed by atoms with Gasteiger partial charge in [-0.25, -0.2) is 4.98 Å². The zero-order valence-electron chi connectivity index (χ0n) is 12.1. The molecule has 1 atom stereocenters. The first kappa shape index (κ1) is 14.2. The smallest absolute Gasteiger partial charge is 0.137 e. The van der Waals surface area contributed by atoms with E-state index in [0.717, 1.165) is 28.2 Å². The summed E-state index contributed by atoms with van der Waals surface area (Å²) in [5, 5.41) is 0. The molecular weight excluding hydrogens is 328 g/mol. The molecule has 0 bridgehead atoms. The molecule has 3 heterocycles. The van der Waals surface area contributed by atoms with Crippen molar-refractivity contribution in [2.75, 3.05) is 7.05 Å². The van der Waals surface area contributed by atoms with Gasteiger partial charge in [-0.3, -0.25) is 14.3 Å². The highest BCUT2D eigenvalue weighted by atomic mass is 79.9. The van der Waals surface area contributed by atoms with Crippen LogP contribution in [0.15, 0.2) is 53.4 Å². The van der Waals surface area contributed by atoms with Gasteiger partial charge in [0, 0.05) is 25.0 Å². The zero-order chi connectivity index (χ0) is 14.8. The van der Waals surface area contributed by atoms with Crippen LogP contribution in [0.1, 0.15) is 24.4 Å². The summed E-state index contributed by atoms with van der Waals surface area (Å²) in [7, 11) is 2.10. The van der Waals surface area contributed by atoms with Gasteiger partial charge < -0.3 is 0 Å². The van der Waals surface area contributed by atoms with Gasteiger partial charge in [-0.15, -0.1) is 0 Å². The lowest BCUT2D eigenvalue weighted by molar-refractivity contribution is 0.246. The number of fused-ring (bicyclic) bond motifs is 1. The third-order valence-electron chi connectivity index (χ3n) is 3.68. The van der Waals surface area contributed by atoms with Gasteiger partial charge >= 0.3 is 0 Å². The lowest BCUT2D eigenvalue weighted by Crippen LogP contribution is -2.22. The molecule has 0 amide bonds. The predicted octanol–water partition coefficient (Wildman–Crippen LogP) is 3.68. The summed E-state index contributed by atoms with van der Waals surface area (Å²) in [5.74, 6) is 0. The second-order valence-electron chi connectivity index (χ2n) is 5.15. The lowest BCUT2D eigenvalue weighted by Gasteiger charge is -2.23. The Hall–Kier alpha value is -1.72. The van der Waals surface area contributed by atoms with E-state index in [2.05, 4.69) is 61.4 Å². The molecule has 0 saturated carbocycles. The predicted molar refractivity (Wildman–Crippen MR) is 87.0 cm³/mol. The highest BCUT2D eigenvalue weighted by Gasteiger charge is 2.14. The Labute approximate surface area is 132 Å². The fourth-order valence-corrected chi connectivity index (χ4v) is 2.78. The van der Waals surface area contributed by atoms with Crippen LogP contribution in [0.4, 0.5) is 0 Å². The highest BCUT2D eigenvalue weighted by molar-refractivity contribution is 9.10. The molecule has 5 heteroatoms. The summed E-state index contributed by atoms with van der Waals surface area (Å²) in [6.07, 6.45) is 3.91. The standard InChI is InChI=1S/C16H17BrN4/c1-12(14-6-3-4-9-18-14)20(2)10-13-11-21-15(17)7-5-8-16(21)19-13/h3-9,11-12H,10H2,1-2H3. The van der Waals surface area contributed by atoms with Crippen LogP contribution >= 0.6 is 15.9 Å². The lowest BCUT2D eigenvalue weighted by atomic mass is 10.2. The quantitative estimate of drug-likeness (QED) is 0.677. The number of hydrogen-bond donors (Lipinski definition) is 0. The van der Waals surface area contributed by atoms with Crippen LogP contribution in [-0.4, -0.2) is 26.3 Å². The van der Waals surface area contributed by atoms with Gasteiger partial charge in [0.05, 0.1) is 16.0 Å². The fourth-order valence-electron chi connectivity index (χ4n) is 2.35. The largest absolute Gasteiger partial charge is 0.294 e. The number of nitrogens with zero attached hydrogens (tertiary/aromatic N) is 4. The number of rotatable bonds is 4. The number of aromatic nitrogens is 3. The van der Waals surface area contributed by atoms with Crippen LogP contribution in [-0.2, 0) is 6.54 Å². The van der Waals surface area contributed by atoms with Crippen molar-refractivity contribution in [2.24, 2.45) is 0 Å². The molecule has 0 spiro atoms. The molecule has 21 heavy (non-hydrogen) atoms. The topological polar surface area (TPSA) is 33.4 Å². The normalized spacial score (nSPS) is 13.0. The van der Waals surface area contributed by atoms with E-state index in [-0.39, 0.29) is 6.04 Å². The van der Waals surface area contributed by atoms with Crippen LogP contribution in [0.25, 0.3) is 5.65 Å². The molecule has 0 N–H and O–H groups in total. The molecule has 3 aromatic heterocycles. The molecular formula is C16H17BrN4. The van der Waals surface area contributed by atoms with E-state index in [1.165, 1.54) is 0 Å². The fraction of sp³-hybridized carbons (Fsp3) is 0.250. The van der Waals surface area contributed by atoms with Crippen molar-refractivity contribution >= 4 is 21.6 Å². The Bertz CT molecular complexity index is 738. The number of pyridine rings is 2. The Morgan fingerprint density at radius 1 is 1.24 bits per heavy atom. The van der Waals surface area contributed by atoms with Crippen molar-refractivity contribution in [3.8, 4) is 0 Å². The summed E-state index contributed by atoms with van der Waals surface area (Å²) < 4.78 is 3.06. The molecule has 0 saturated heterocycles. The van der Waals surface area contributed by atoms with E-state index >= 15 is 0 Å². The van der Waals surface area contributed by atoms with Gasteiger partial charge in [-0.1, -0.05) is 12.1 Å². The molecule has 0 radical (unpaired) electrons. The van der Waals surface area contributed by atoms with Gasteiger partial charge in [0.1, 0.15) is 5.65 Å². The zero-order valence-corrected chi connectivity index (χ0v) is 13.7. The molecule has 4 nitrogen and oxygen atoms in total. The Kier molecular flexibility index (Phi) is 4.03. The average Bonchev–Trinajstić information content (AvgIpc) is 2.91. The van der Waals surface area contributed by atoms with Crippen molar-refractivity contribution < 1.29 is 0 Å². The minimum Gasteiger partial charge on any atom is -0.294 e. The van der Waals surface area contributed by atoms with E-state index < -0.39 is 0 Å². The van der Waals surface area contributed by atoms with Crippen LogP contribution in [0.5, 0.6) is 0 Å². The maximum atomic E-state index is 4.66. The van der Waals surface area contributed by atoms with E-state index in [4.69, 9.17) is 0 Å². The number of hydrogen-bond acceptors (Lipinski definition) is 3. The number of halogens is 1. The monoisotopic (exact) mass is 344 g/mol. The summed E-state index contributed by atoms with van der Waals surface area (Å²) >= 11 is 3.54. The van der Waals surface area contributed by atoms with Crippen molar-refractivity contribution in [1.29, 1.82) is 0 Å². The van der Waals surface area contributed by atoms with Crippen molar-refractivity contribution in [2.45, 2.75) is 19.5 Å². The SMILES string of the molecule is CC(c1ccccn1)N(C)Cc1cn2c(Br)cccc2n1. The maximum Gasteiger partial charge on any atom is 0.137 e. The third kappa shape index (κ3) is 2.99. The first-order valence-corrected chi connectivity index (χ1v) is 7.68. The molecule has 1 unspecified atom stereocenters. The molecule has 0 aromatic carbocycles. The Morgan fingerprint density at radius 2 is 2.10 bits per heavy atom. The van der Waals surface area contributed by atoms with Gasteiger partial charge in [0.15, 0.2) is 0 Å². The molecule has 0 aliphatic carbocycles. The summed E-state index contributed by atoms with van der Waals surface area (Å²) in [4.78, 5) is 11.3. The molecule has 3 aromatic rings. The van der Waals surface area contributed by atoms with Gasteiger partial charge in [0.2, 0.25) is 0 Å². The van der Waals surface area contributed by atoms with Crippen LogP contribution in [0, 0.1) is 0 Å². The second-order valence-corrected chi connectivity index (χ2v) is 5.97. The van der Waals surface area contributed by atoms with Crippen LogP contribution in [0.2, 0.25) is 0 Å². The molecule has 0 aliphatic rings. The van der Waals surface area contributed by atoms with Gasteiger partial charge in [0.25, 0.3) is 0 Å². The van der Waals surface area contributed by atoms with E-state index in [1.54, 1.807) is 0 Å². The van der Waals surface area contributed by atoms with Gasteiger partial charge in [-0.2, -0.15) is 0 Å². The maximum absolute atomic E-state index is 4.66. The van der Waals surface area contributed by atoms with E-state index in [9.17, 15) is 0 Å². The molecule has 0 fully saturated rings. The highest BCUT2D eigenvalue weighted by Crippen LogP contribution is 2.20. The average molecular weight is 345 g/mol. The molecule has 108 valence electrons. The van der Waals surface area contributed by atoms with Crippen LogP contribution in [0.3, 0.4) is 0 Å². The Balaban J connectivity index is 1.80. The Morgan fingerprint density at radius 3 is 2.81 bits per heavy atom. The number of imidazole rings is 1. The molecule has 3 rings (SSSR count). The summed E-state index contributed by atoms with van der Waals surface area (Å²) in [6.45, 7) is 2.94. The minimum absolute atomic E-state index is 0.249. The van der Waals surface area contributed by atoms with Crippen molar-refractivity contribution in [3.05, 3.63) is 64.8 Å². The molecule has 0 aliphatic heterocycles. The van der Waals surface area contributed by atoms with Crippen LogP contribution < -0.4 is 0 Å². The second kappa shape index (κ2) is 5.95. The van der Waals surface area contributed by atoms with E-state index in [0.29, 0.717) is 0 Å². The first-order chi connectivity index (χ1) is 10.1. The van der Waals surface area contributed by atoms with Crippen molar-refractivity contribution in [1.82, 2.24) is 19.3 Å². The first-order valence-electron chi connectivity index (χ1n) is 6.89. The summed E-state index contributed by atoms with van der Waals surface area (Å²) in [5.41, 5.74) is 3.08. The van der Waals surface area contributed by atoms with Crippen molar-refractivity contribution in [3.63, 3.8) is 0 Å². The van der Waals surface area contributed by atoms with Gasteiger partial charge in [-0.05, 0) is 54.2 Å². The van der Waals surface area contributed by atoms with E-state index in [1.807, 2.05) is 36.5 Å². The summed E-state index contributed by atoms with van der Waals surface area (Å²) in [6, 6.07) is 12.3.